The van der Waals surface area contributed by atoms with Crippen molar-refractivity contribution in [1.29, 1.82) is 0 Å². The zero-order chi connectivity index (χ0) is 40.6. The summed E-state index contributed by atoms with van der Waals surface area (Å²) in [7, 11) is 0. The summed E-state index contributed by atoms with van der Waals surface area (Å²) in [5, 5.41) is 0. The molecule has 56 heavy (non-hydrogen) atoms. The molecule has 4 aromatic carbocycles. The van der Waals surface area contributed by atoms with Gasteiger partial charge in [0.15, 0.2) is 12.5 Å². The van der Waals surface area contributed by atoms with E-state index in [2.05, 4.69) is 9.47 Å². The summed E-state index contributed by atoms with van der Waals surface area (Å²) < 4.78 is 105. The molecular formula is C40H40F6N2O8. The van der Waals surface area contributed by atoms with Gasteiger partial charge in [-0.3, -0.25) is 11.5 Å². The summed E-state index contributed by atoms with van der Waals surface area (Å²) in [5.74, 6) is -1.91. The fourth-order valence-electron chi connectivity index (χ4n) is 5.33. The third-order valence-corrected chi connectivity index (χ3v) is 7.81. The fourth-order valence-corrected chi connectivity index (χ4v) is 5.33. The first kappa shape index (κ1) is 43.0. The Hall–Kier alpha value is -5.74. The predicted octanol–water partition coefficient (Wildman–Crippen LogP) is 8.98. The van der Waals surface area contributed by atoms with Crippen molar-refractivity contribution in [2.24, 2.45) is 11.5 Å². The van der Waals surface area contributed by atoms with Gasteiger partial charge in [-0.2, -0.15) is 0 Å². The van der Waals surface area contributed by atoms with Crippen molar-refractivity contribution in [2.45, 2.75) is 75.9 Å². The highest BCUT2D eigenvalue weighted by Gasteiger charge is 2.32. The van der Waals surface area contributed by atoms with E-state index in [1.165, 1.54) is 24.3 Å². The van der Waals surface area contributed by atoms with Crippen LogP contribution in [0.5, 0.6) is 23.0 Å². The Morgan fingerprint density at radius 2 is 0.821 bits per heavy atom. The van der Waals surface area contributed by atoms with Gasteiger partial charge in [0.25, 0.3) is 0 Å². The SMILES string of the molecule is NC(CCC[C@@H](Oc1ccc(OC(F)(F)F)cc1)c1ccccc1)OC(=O)/C=C/C(=O)OC(N)CCC[C@@H](Oc1ccc(OC(F)(F)F)cc1)c1ccccc1. The molecule has 0 radical (unpaired) electrons. The Kier molecular flexibility index (Phi) is 16.0. The highest BCUT2D eigenvalue weighted by molar-refractivity contribution is 5.91. The Morgan fingerprint density at radius 3 is 1.14 bits per heavy atom. The third kappa shape index (κ3) is 16.3. The summed E-state index contributed by atoms with van der Waals surface area (Å²) in [4.78, 5) is 24.7. The van der Waals surface area contributed by atoms with E-state index in [9.17, 15) is 35.9 Å². The van der Waals surface area contributed by atoms with Crippen LogP contribution in [0.25, 0.3) is 0 Å². The molecule has 0 spiro atoms. The lowest BCUT2D eigenvalue weighted by molar-refractivity contribution is -0.275. The second-order valence-electron chi connectivity index (χ2n) is 12.2. The molecule has 10 nitrogen and oxygen atoms in total. The van der Waals surface area contributed by atoms with Crippen LogP contribution in [-0.2, 0) is 19.1 Å². The maximum Gasteiger partial charge on any atom is 0.573 e. The third-order valence-electron chi connectivity index (χ3n) is 7.81. The second-order valence-corrected chi connectivity index (χ2v) is 12.2. The van der Waals surface area contributed by atoms with Gasteiger partial charge in [0.2, 0.25) is 0 Å². The number of ether oxygens (including phenoxy) is 6. The number of carbonyl (C=O) groups excluding carboxylic acids is 2. The van der Waals surface area contributed by atoms with Gasteiger partial charge in [0.1, 0.15) is 35.2 Å². The van der Waals surface area contributed by atoms with E-state index in [0.29, 0.717) is 37.2 Å². The molecule has 0 aliphatic heterocycles. The molecule has 16 heteroatoms. The lowest BCUT2D eigenvalue weighted by Crippen LogP contribution is -2.27. The van der Waals surface area contributed by atoms with Crippen molar-refractivity contribution >= 4 is 11.9 Å². The first-order valence-corrected chi connectivity index (χ1v) is 17.4. The van der Waals surface area contributed by atoms with Crippen molar-refractivity contribution in [3.8, 4) is 23.0 Å². The minimum Gasteiger partial charge on any atom is -0.486 e. The van der Waals surface area contributed by atoms with E-state index < -0.39 is 49.3 Å². The Labute approximate surface area is 318 Å². The number of carbonyl (C=O) groups is 2. The topological polar surface area (TPSA) is 142 Å². The molecule has 0 aromatic heterocycles. The molecule has 300 valence electrons. The van der Waals surface area contributed by atoms with E-state index >= 15 is 0 Å². The highest BCUT2D eigenvalue weighted by Crippen LogP contribution is 2.31. The summed E-state index contributed by atoms with van der Waals surface area (Å²) in [5.41, 5.74) is 13.6. The van der Waals surface area contributed by atoms with Crippen LogP contribution in [0.1, 0.15) is 61.9 Å². The standard InChI is InChI=1S/C40H40F6N2O8/c41-39(42,43)55-31-21-17-29(18-22-31)51-33(27-9-3-1-4-10-27)13-7-15-35(47)53-37(49)25-26-38(50)54-36(48)16-8-14-34(28-11-5-2-6-12-28)52-30-19-23-32(24-20-30)56-40(44,45)46/h1-6,9-12,17-26,33-36H,7-8,13-16,47-48H2/b26-25+/t33-,34-,35?,36?/m1/s1. The summed E-state index contributed by atoms with van der Waals surface area (Å²) in [6, 6.07) is 28.3. The van der Waals surface area contributed by atoms with Crippen LogP contribution in [0.2, 0.25) is 0 Å². The van der Waals surface area contributed by atoms with Gasteiger partial charge >= 0.3 is 24.7 Å². The van der Waals surface area contributed by atoms with Gasteiger partial charge in [-0.1, -0.05) is 60.7 Å². The largest absolute Gasteiger partial charge is 0.573 e. The van der Waals surface area contributed by atoms with Gasteiger partial charge in [0.05, 0.1) is 0 Å². The number of alkyl halides is 6. The zero-order valence-electron chi connectivity index (χ0n) is 29.8. The van der Waals surface area contributed by atoms with Gasteiger partial charge in [-0.15, -0.1) is 26.3 Å². The van der Waals surface area contributed by atoms with Crippen molar-refractivity contribution in [1.82, 2.24) is 0 Å². The molecule has 0 saturated heterocycles. The first-order chi connectivity index (χ1) is 26.6. The molecule has 2 unspecified atom stereocenters. The Bertz CT molecular complexity index is 1680. The molecular weight excluding hydrogens is 750 g/mol. The number of hydrogen-bond donors (Lipinski definition) is 2. The van der Waals surface area contributed by atoms with Crippen LogP contribution in [0.4, 0.5) is 26.3 Å². The van der Waals surface area contributed by atoms with E-state index in [0.717, 1.165) is 47.5 Å². The van der Waals surface area contributed by atoms with Crippen LogP contribution in [0, 0.1) is 0 Å². The highest BCUT2D eigenvalue weighted by atomic mass is 19.4. The smallest absolute Gasteiger partial charge is 0.486 e. The average Bonchev–Trinajstić information content (AvgIpc) is 3.14. The maximum atomic E-state index is 12.5. The molecule has 4 rings (SSSR count). The van der Waals surface area contributed by atoms with Crippen LogP contribution in [0.15, 0.2) is 121 Å². The molecule has 4 aromatic rings. The Morgan fingerprint density at radius 1 is 0.500 bits per heavy atom. The van der Waals surface area contributed by atoms with Gasteiger partial charge in [-0.05, 0) is 98.2 Å². The average molecular weight is 791 g/mol. The van der Waals surface area contributed by atoms with Crippen LogP contribution >= 0.6 is 0 Å². The van der Waals surface area contributed by atoms with E-state index in [1.807, 2.05) is 60.7 Å². The minimum atomic E-state index is -4.82. The van der Waals surface area contributed by atoms with Crippen molar-refractivity contribution in [3.63, 3.8) is 0 Å². The normalized spacial score (nSPS) is 13.9. The van der Waals surface area contributed by atoms with Gasteiger partial charge in [-0.25, -0.2) is 9.59 Å². The molecule has 4 atom stereocenters. The van der Waals surface area contributed by atoms with Crippen molar-refractivity contribution < 1.29 is 64.4 Å². The van der Waals surface area contributed by atoms with Crippen molar-refractivity contribution in [3.05, 3.63) is 132 Å². The molecule has 0 amide bonds. The maximum absolute atomic E-state index is 12.5. The van der Waals surface area contributed by atoms with Crippen molar-refractivity contribution in [2.75, 3.05) is 0 Å². The van der Waals surface area contributed by atoms with Crippen LogP contribution in [-0.4, -0.2) is 37.1 Å². The molecule has 0 bridgehead atoms. The lowest BCUT2D eigenvalue weighted by Gasteiger charge is -2.21. The molecule has 4 N–H and O–H groups in total. The molecule has 0 aliphatic rings. The quantitative estimate of drug-likeness (QED) is 0.0386. The molecule has 0 aliphatic carbocycles. The number of benzene rings is 4. The predicted molar refractivity (Wildman–Crippen MR) is 191 cm³/mol. The van der Waals surface area contributed by atoms with E-state index in [-0.39, 0.29) is 24.3 Å². The van der Waals surface area contributed by atoms with Gasteiger partial charge in [0, 0.05) is 12.2 Å². The zero-order valence-corrected chi connectivity index (χ0v) is 29.8. The number of halogens is 6. The summed E-state index contributed by atoms with van der Waals surface area (Å²) >= 11 is 0. The number of esters is 2. The van der Waals surface area contributed by atoms with E-state index in [4.69, 9.17) is 30.4 Å². The number of hydrogen-bond acceptors (Lipinski definition) is 10. The monoisotopic (exact) mass is 790 g/mol. The number of rotatable bonds is 20. The number of nitrogens with two attached hydrogens (primary N) is 2. The summed E-state index contributed by atoms with van der Waals surface area (Å²) in [6.45, 7) is 0. The van der Waals surface area contributed by atoms with Gasteiger partial charge < -0.3 is 28.4 Å². The molecule has 0 fully saturated rings. The lowest BCUT2D eigenvalue weighted by atomic mass is 10.0. The van der Waals surface area contributed by atoms with Crippen LogP contribution in [0.3, 0.4) is 0 Å². The summed E-state index contributed by atoms with van der Waals surface area (Å²) in [6.07, 6.45) is -8.78. The first-order valence-electron chi connectivity index (χ1n) is 17.4. The minimum absolute atomic E-state index is 0.228. The molecule has 0 heterocycles. The second kappa shape index (κ2) is 20.8. The Balaban J connectivity index is 1.19. The van der Waals surface area contributed by atoms with Crippen LogP contribution < -0.4 is 30.4 Å². The fraction of sp³-hybridized carbons (Fsp3) is 0.300. The van der Waals surface area contributed by atoms with E-state index in [1.54, 1.807) is 0 Å². The molecule has 0 saturated carbocycles.